The maximum absolute atomic E-state index is 12.8. The van der Waals surface area contributed by atoms with E-state index in [-0.39, 0.29) is 10.9 Å². The van der Waals surface area contributed by atoms with Gasteiger partial charge in [-0.1, -0.05) is 48.0 Å². The second-order valence-corrected chi connectivity index (χ2v) is 7.67. The number of sulfonamides is 1. The molecule has 0 bridgehead atoms. The van der Waals surface area contributed by atoms with Crippen LogP contribution in [0.3, 0.4) is 0 Å². The number of nitrogens with one attached hydrogen (secondary N) is 1. The number of benzene rings is 2. The number of hydrogen-bond donors (Lipinski definition) is 1. The van der Waals surface area contributed by atoms with Crippen molar-refractivity contribution in [3.8, 4) is 0 Å². The van der Waals surface area contributed by atoms with Gasteiger partial charge in [0.1, 0.15) is 0 Å². The van der Waals surface area contributed by atoms with Crippen LogP contribution in [0.1, 0.15) is 22.7 Å². The maximum atomic E-state index is 12.8. The molecule has 1 atom stereocenters. The fraction of sp³-hybridized carbons (Fsp3) is 0.150. The molecule has 2 aromatic carbocycles. The molecule has 0 aliphatic heterocycles. The van der Waals surface area contributed by atoms with Gasteiger partial charge in [0.15, 0.2) is 0 Å². The molecular formula is C20H20N2O2S. The van der Waals surface area contributed by atoms with Gasteiger partial charge in [-0.25, -0.2) is 13.1 Å². The second kappa shape index (κ2) is 7.59. The van der Waals surface area contributed by atoms with E-state index in [1.54, 1.807) is 36.7 Å². The Labute approximate surface area is 148 Å². The molecule has 1 N–H and O–H groups in total. The number of nitrogens with zero attached hydrogens (tertiary/aromatic N) is 1. The van der Waals surface area contributed by atoms with E-state index < -0.39 is 10.0 Å². The molecule has 0 amide bonds. The lowest BCUT2D eigenvalue weighted by molar-refractivity contribution is 0.554. The second-order valence-electron chi connectivity index (χ2n) is 5.96. The molecule has 0 aliphatic rings. The van der Waals surface area contributed by atoms with Crippen LogP contribution in [0.4, 0.5) is 0 Å². The Balaban J connectivity index is 1.90. The highest BCUT2D eigenvalue weighted by atomic mass is 32.2. The lowest BCUT2D eigenvalue weighted by Gasteiger charge is -2.19. The van der Waals surface area contributed by atoms with Gasteiger partial charge in [0.2, 0.25) is 10.0 Å². The first kappa shape index (κ1) is 17.3. The Morgan fingerprint density at radius 1 is 0.920 bits per heavy atom. The molecule has 3 aromatic rings. The van der Waals surface area contributed by atoms with Gasteiger partial charge in [-0.05, 0) is 48.7 Å². The third-order valence-electron chi connectivity index (χ3n) is 4.02. The number of pyridine rings is 1. The number of aromatic nitrogens is 1. The Morgan fingerprint density at radius 2 is 1.56 bits per heavy atom. The standard InChI is InChI=1S/C20H20N2O2S/c1-16-7-9-19(10-8-16)25(23,24)22-20(18-5-3-2-4-6-18)15-17-11-13-21-14-12-17/h2-14,20,22H,15H2,1H3. The quantitative estimate of drug-likeness (QED) is 0.737. The van der Waals surface area contributed by atoms with Crippen molar-refractivity contribution in [3.05, 3.63) is 95.8 Å². The van der Waals surface area contributed by atoms with Crippen LogP contribution in [0.15, 0.2) is 84.0 Å². The molecule has 0 aliphatic carbocycles. The van der Waals surface area contributed by atoms with E-state index in [2.05, 4.69) is 9.71 Å². The molecule has 1 unspecified atom stereocenters. The van der Waals surface area contributed by atoms with Gasteiger partial charge in [-0.2, -0.15) is 0 Å². The summed E-state index contributed by atoms with van der Waals surface area (Å²) in [7, 11) is -3.61. The minimum Gasteiger partial charge on any atom is -0.265 e. The molecule has 1 aromatic heterocycles. The van der Waals surface area contributed by atoms with E-state index >= 15 is 0 Å². The molecule has 128 valence electrons. The lowest BCUT2D eigenvalue weighted by Crippen LogP contribution is -2.30. The van der Waals surface area contributed by atoms with Crippen LogP contribution in [-0.2, 0) is 16.4 Å². The summed E-state index contributed by atoms with van der Waals surface area (Å²) >= 11 is 0. The predicted octanol–water partition coefficient (Wildman–Crippen LogP) is 3.65. The van der Waals surface area contributed by atoms with Crippen LogP contribution in [0.2, 0.25) is 0 Å². The van der Waals surface area contributed by atoms with Gasteiger partial charge in [0.05, 0.1) is 10.9 Å². The van der Waals surface area contributed by atoms with Crippen LogP contribution in [0, 0.1) is 6.92 Å². The highest BCUT2D eigenvalue weighted by molar-refractivity contribution is 7.89. The molecule has 1 heterocycles. The van der Waals surface area contributed by atoms with Gasteiger partial charge in [-0.3, -0.25) is 4.98 Å². The topological polar surface area (TPSA) is 59.1 Å². The number of aryl methyl sites for hydroxylation is 1. The van der Waals surface area contributed by atoms with Crippen molar-refractivity contribution in [2.24, 2.45) is 0 Å². The average Bonchev–Trinajstić information content (AvgIpc) is 2.63. The van der Waals surface area contributed by atoms with Crippen molar-refractivity contribution >= 4 is 10.0 Å². The summed E-state index contributed by atoms with van der Waals surface area (Å²) in [5.41, 5.74) is 2.97. The van der Waals surface area contributed by atoms with Crippen LogP contribution >= 0.6 is 0 Å². The Morgan fingerprint density at radius 3 is 2.20 bits per heavy atom. The Bertz CT molecular complexity index is 909. The van der Waals surface area contributed by atoms with Crippen molar-refractivity contribution in [1.82, 2.24) is 9.71 Å². The molecule has 4 nitrogen and oxygen atoms in total. The fourth-order valence-electron chi connectivity index (χ4n) is 2.64. The zero-order valence-electron chi connectivity index (χ0n) is 14.0. The average molecular weight is 352 g/mol. The third-order valence-corrected chi connectivity index (χ3v) is 5.51. The molecule has 3 rings (SSSR count). The molecule has 0 spiro atoms. The largest absolute Gasteiger partial charge is 0.265 e. The van der Waals surface area contributed by atoms with Crippen LogP contribution in [-0.4, -0.2) is 13.4 Å². The summed E-state index contributed by atoms with van der Waals surface area (Å²) in [6, 6.07) is 19.9. The first-order valence-electron chi connectivity index (χ1n) is 8.07. The molecule has 25 heavy (non-hydrogen) atoms. The molecule has 5 heteroatoms. The fourth-order valence-corrected chi connectivity index (χ4v) is 3.86. The van der Waals surface area contributed by atoms with Crippen LogP contribution in [0.5, 0.6) is 0 Å². The van der Waals surface area contributed by atoms with Gasteiger partial charge < -0.3 is 0 Å². The maximum Gasteiger partial charge on any atom is 0.241 e. The third kappa shape index (κ3) is 4.53. The van der Waals surface area contributed by atoms with Gasteiger partial charge in [0, 0.05) is 12.4 Å². The minimum atomic E-state index is -3.61. The SMILES string of the molecule is Cc1ccc(S(=O)(=O)NC(Cc2ccncc2)c2ccccc2)cc1. The minimum absolute atomic E-state index is 0.272. The summed E-state index contributed by atoms with van der Waals surface area (Å²) in [4.78, 5) is 4.29. The monoisotopic (exact) mass is 352 g/mol. The van der Waals surface area contributed by atoms with E-state index in [1.807, 2.05) is 49.4 Å². The van der Waals surface area contributed by atoms with Crippen molar-refractivity contribution < 1.29 is 8.42 Å². The zero-order chi connectivity index (χ0) is 17.7. The molecular weight excluding hydrogens is 332 g/mol. The Kier molecular flexibility index (Phi) is 5.26. The zero-order valence-corrected chi connectivity index (χ0v) is 14.8. The van der Waals surface area contributed by atoms with Gasteiger partial charge in [-0.15, -0.1) is 0 Å². The van der Waals surface area contributed by atoms with E-state index in [9.17, 15) is 8.42 Å². The van der Waals surface area contributed by atoms with Crippen LogP contribution in [0.25, 0.3) is 0 Å². The van der Waals surface area contributed by atoms with E-state index in [0.717, 1.165) is 16.7 Å². The molecule has 0 radical (unpaired) electrons. The van der Waals surface area contributed by atoms with Crippen molar-refractivity contribution in [2.45, 2.75) is 24.3 Å². The molecule has 0 fully saturated rings. The van der Waals surface area contributed by atoms with E-state index in [0.29, 0.717) is 6.42 Å². The van der Waals surface area contributed by atoms with Gasteiger partial charge >= 0.3 is 0 Å². The van der Waals surface area contributed by atoms with Gasteiger partial charge in [0.25, 0.3) is 0 Å². The first-order valence-corrected chi connectivity index (χ1v) is 9.56. The van der Waals surface area contributed by atoms with Crippen molar-refractivity contribution in [3.63, 3.8) is 0 Å². The van der Waals surface area contributed by atoms with E-state index in [4.69, 9.17) is 0 Å². The van der Waals surface area contributed by atoms with Crippen molar-refractivity contribution in [1.29, 1.82) is 0 Å². The normalized spacial score (nSPS) is 12.7. The summed E-state index contributed by atoms with van der Waals surface area (Å²) in [5, 5.41) is 0. The molecule has 0 saturated carbocycles. The smallest absolute Gasteiger partial charge is 0.241 e. The number of rotatable bonds is 6. The summed E-state index contributed by atoms with van der Waals surface area (Å²) in [6.07, 6.45) is 3.98. The Hall–Kier alpha value is -2.50. The molecule has 0 saturated heterocycles. The van der Waals surface area contributed by atoms with Crippen molar-refractivity contribution in [2.75, 3.05) is 0 Å². The van der Waals surface area contributed by atoms with E-state index in [1.165, 1.54) is 0 Å². The van der Waals surface area contributed by atoms with Crippen LogP contribution < -0.4 is 4.72 Å². The highest BCUT2D eigenvalue weighted by Crippen LogP contribution is 2.21. The number of hydrogen-bond acceptors (Lipinski definition) is 3. The summed E-state index contributed by atoms with van der Waals surface area (Å²) < 4.78 is 28.4. The predicted molar refractivity (Wildman–Crippen MR) is 98.6 cm³/mol. The summed E-state index contributed by atoms with van der Waals surface area (Å²) in [6.45, 7) is 1.93. The first-order chi connectivity index (χ1) is 12.0. The lowest BCUT2D eigenvalue weighted by atomic mass is 10.0. The summed E-state index contributed by atoms with van der Waals surface area (Å²) in [5.74, 6) is 0. The highest BCUT2D eigenvalue weighted by Gasteiger charge is 2.21.